The minimum Gasteiger partial charge on any atom is -0.333 e. The quantitative estimate of drug-likeness (QED) is 0.259. The summed E-state index contributed by atoms with van der Waals surface area (Å²) in [5.74, 6) is 6.68. The summed E-state index contributed by atoms with van der Waals surface area (Å²) < 4.78 is 5.01. The predicted octanol–water partition coefficient (Wildman–Crippen LogP) is 8.80. The first kappa shape index (κ1) is 22.5. The van der Waals surface area contributed by atoms with Crippen LogP contribution >= 0.6 is 0 Å². The third-order valence-corrected chi connectivity index (χ3v) is 7.36. The SMILES string of the molecule is CCC/C=C\c1cc2c(n1C1=CC=CC(n3c4ccccc4c4ccccc43)CC1)CC#CC/C=C\2. The zero-order valence-corrected chi connectivity index (χ0v) is 21.0. The van der Waals surface area contributed by atoms with Crippen LogP contribution in [0.4, 0.5) is 0 Å². The van der Waals surface area contributed by atoms with E-state index in [0.717, 1.165) is 38.5 Å². The average Bonchev–Trinajstić information content (AvgIpc) is 3.28. The molecule has 0 bridgehead atoms. The van der Waals surface area contributed by atoms with Crippen LogP contribution in [-0.2, 0) is 6.42 Å². The van der Waals surface area contributed by atoms with Crippen LogP contribution in [0.25, 0.3) is 39.7 Å². The summed E-state index contributed by atoms with van der Waals surface area (Å²) in [6, 6.07) is 20.3. The molecule has 0 amide bonds. The molecule has 0 saturated carbocycles. The summed E-state index contributed by atoms with van der Waals surface area (Å²) in [4.78, 5) is 0. The molecule has 0 aliphatic heterocycles. The van der Waals surface area contributed by atoms with Gasteiger partial charge in [-0.2, -0.15) is 0 Å². The van der Waals surface area contributed by atoms with E-state index in [1.54, 1.807) is 0 Å². The van der Waals surface area contributed by atoms with Gasteiger partial charge < -0.3 is 9.13 Å². The molecule has 2 aromatic carbocycles. The molecule has 36 heavy (non-hydrogen) atoms. The van der Waals surface area contributed by atoms with Gasteiger partial charge in [0.25, 0.3) is 0 Å². The summed E-state index contributed by atoms with van der Waals surface area (Å²) in [5.41, 5.74) is 7.84. The number of hydrogen-bond acceptors (Lipinski definition) is 0. The fourth-order valence-corrected chi connectivity index (χ4v) is 5.70. The number of fused-ring (bicyclic) bond motifs is 4. The molecule has 2 heteroatoms. The van der Waals surface area contributed by atoms with E-state index in [2.05, 4.69) is 125 Å². The molecule has 2 aromatic heterocycles. The largest absolute Gasteiger partial charge is 0.333 e. The smallest absolute Gasteiger partial charge is 0.0529 e. The molecule has 0 fully saturated rings. The van der Waals surface area contributed by atoms with Crippen molar-refractivity contribution >= 4 is 39.7 Å². The highest BCUT2D eigenvalue weighted by atomic mass is 15.0. The van der Waals surface area contributed by atoms with Crippen molar-refractivity contribution in [3.63, 3.8) is 0 Å². The highest BCUT2D eigenvalue weighted by Crippen LogP contribution is 2.36. The number of rotatable bonds is 5. The molecule has 2 aliphatic carbocycles. The van der Waals surface area contributed by atoms with Gasteiger partial charge in [-0.1, -0.05) is 92.0 Å². The third kappa shape index (κ3) is 4.06. The van der Waals surface area contributed by atoms with Crippen LogP contribution in [0.5, 0.6) is 0 Å². The van der Waals surface area contributed by atoms with E-state index in [0.29, 0.717) is 6.04 Å². The Balaban J connectivity index is 1.39. The van der Waals surface area contributed by atoms with Crippen LogP contribution in [0.2, 0.25) is 0 Å². The Morgan fingerprint density at radius 1 is 1.00 bits per heavy atom. The Bertz CT molecular complexity index is 1550. The topological polar surface area (TPSA) is 9.86 Å². The van der Waals surface area contributed by atoms with Gasteiger partial charge in [-0.05, 0) is 55.2 Å². The Hall–Kier alpha value is -3.96. The van der Waals surface area contributed by atoms with Gasteiger partial charge in [-0.15, -0.1) is 0 Å². The monoisotopic (exact) mass is 468 g/mol. The molecular formula is C34H32N2. The zero-order valence-electron chi connectivity index (χ0n) is 21.0. The number of hydrogen-bond donors (Lipinski definition) is 0. The highest BCUT2D eigenvalue weighted by Gasteiger charge is 2.21. The van der Waals surface area contributed by atoms with E-state index in [-0.39, 0.29) is 0 Å². The van der Waals surface area contributed by atoms with Gasteiger partial charge in [0.05, 0.1) is 12.5 Å². The average molecular weight is 469 g/mol. The lowest BCUT2D eigenvalue weighted by Gasteiger charge is -2.19. The maximum absolute atomic E-state index is 3.40. The Morgan fingerprint density at radius 2 is 1.78 bits per heavy atom. The maximum Gasteiger partial charge on any atom is 0.0529 e. The van der Waals surface area contributed by atoms with Crippen molar-refractivity contribution in [1.82, 2.24) is 9.13 Å². The minimum atomic E-state index is 0.305. The Labute approximate surface area is 213 Å². The molecule has 6 rings (SSSR count). The summed E-state index contributed by atoms with van der Waals surface area (Å²) in [5, 5.41) is 2.67. The molecular weight excluding hydrogens is 436 g/mol. The van der Waals surface area contributed by atoms with Crippen molar-refractivity contribution < 1.29 is 0 Å². The van der Waals surface area contributed by atoms with Gasteiger partial charge in [-0.25, -0.2) is 0 Å². The van der Waals surface area contributed by atoms with E-state index in [1.165, 1.54) is 44.5 Å². The van der Waals surface area contributed by atoms with Gasteiger partial charge in [0, 0.05) is 45.3 Å². The Kier molecular flexibility index (Phi) is 6.22. The lowest BCUT2D eigenvalue weighted by Crippen LogP contribution is -2.08. The number of allylic oxidation sites excluding steroid dienone is 6. The van der Waals surface area contributed by atoms with Gasteiger partial charge in [-0.3, -0.25) is 0 Å². The number of aromatic nitrogens is 2. The molecule has 2 heterocycles. The van der Waals surface area contributed by atoms with Crippen molar-refractivity contribution in [2.24, 2.45) is 0 Å². The molecule has 0 spiro atoms. The number of nitrogens with zero attached hydrogens (tertiary/aromatic N) is 2. The van der Waals surface area contributed by atoms with E-state index in [4.69, 9.17) is 0 Å². The van der Waals surface area contributed by atoms with Crippen molar-refractivity contribution in [2.75, 3.05) is 0 Å². The van der Waals surface area contributed by atoms with Crippen LogP contribution in [-0.4, -0.2) is 9.13 Å². The van der Waals surface area contributed by atoms with Crippen LogP contribution < -0.4 is 0 Å². The van der Waals surface area contributed by atoms with Gasteiger partial charge in [0.15, 0.2) is 0 Å². The van der Waals surface area contributed by atoms with Crippen LogP contribution in [0.1, 0.15) is 62.0 Å². The van der Waals surface area contributed by atoms with Crippen molar-refractivity contribution in [3.8, 4) is 11.8 Å². The lowest BCUT2D eigenvalue weighted by atomic mass is 10.1. The fourth-order valence-electron chi connectivity index (χ4n) is 5.70. The Morgan fingerprint density at radius 3 is 2.56 bits per heavy atom. The second-order valence-electron chi connectivity index (χ2n) is 9.69. The fraction of sp³-hybridized carbons (Fsp3) is 0.235. The first-order valence-corrected chi connectivity index (χ1v) is 13.2. The van der Waals surface area contributed by atoms with Crippen LogP contribution in [0.3, 0.4) is 0 Å². The summed E-state index contributed by atoms with van der Waals surface area (Å²) in [6.07, 6.45) is 22.0. The summed E-state index contributed by atoms with van der Waals surface area (Å²) in [6.45, 7) is 2.23. The second kappa shape index (κ2) is 9.96. The van der Waals surface area contributed by atoms with E-state index in [9.17, 15) is 0 Å². The first-order chi connectivity index (χ1) is 17.8. The van der Waals surface area contributed by atoms with E-state index in [1.807, 2.05) is 0 Å². The number of benzene rings is 2. The van der Waals surface area contributed by atoms with Crippen molar-refractivity contribution in [2.45, 2.75) is 51.5 Å². The highest BCUT2D eigenvalue weighted by molar-refractivity contribution is 6.08. The van der Waals surface area contributed by atoms with Crippen LogP contribution in [0, 0.1) is 11.8 Å². The zero-order chi connectivity index (χ0) is 24.3. The minimum absolute atomic E-state index is 0.305. The van der Waals surface area contributed by atoms with Crippen molar-refractivity contribution in [3.05, 3.63) is 102 Å². The third-order valence-electron chi connectivity index (χ3n) is 7.36. The van der Waals surface area contributed by atoms with Gasteiger partial charge in [0.2, 0.25) is 0 Å². The molecule has 0 saturated heterocycles. The molecule has 1 unspecified atom stereocenters. The first-order valence-electron chi connectivity index (χ1n) is 13.2. The summed E-state index contributed by atoms with van der Waals surface area (Å²) in [7, 11) is 0. The molecule has 2 nitrogen and oxygen atoms in total. The van der Waals surface area contributed by atoms with Crippen LogP contribution in [0.15, 0.2) is 85.0 Å². The van der Waals surface area contributed by atoms with E-state index < -0.39 is 0 Å². The normalized spacial score (nSPS) is 18.4. The molecule has 1 atom stereocenters. The molecule has 178 valence electrons. The molecule has 0 radical (unpaired) electrons. The van der Waals surface area contributed by atoms with Crippen molar-refractivity contribution in [1.29, 1.82) is 0 Å². The van der Waals surface area contributed by atoms with Gasteiger partial charge >= 0.3 is 0 Å². The molecule has 4 aromatic rings. The predicted molar refractivity (Wildman–Crippen MR) is 155 cm³/mol. The standard InChI is InChI=1S/C34H32N2/c1-2-3-6-15-29-25-26-14-7-4-5-8-20-32(26)35(29)27-16-13-17-28(24-23-27)36-33-21-11-9-18-30(33)31-19-10-12-22-34(31)36/h6-7,9-19,21-22,25,28H,2-4,20,23-24H2,1H3/b14-7-,15-6-. The molecule has 0 N–H and O–H groups in total. The molecule has 2 aliphatic rings. The number of unbranched alkanes of at least 4 members (excludes halogenated alkanes) is 1. The maximum atomic E-state index is 3.40. The second-order valence-corrected chi connectivity index (χ2v) is 9.69. The lowest BCUT2D eigenvalue weighted by molar-refractivity contribution is 0.596. The summed E-state index contributed by atoms with van der Waals surface area (Å²) >= 11 is 0. The number of para-hydroxylation sites is 2. The van der Waals surface area contributed by atoms with E-state index >= 15 is 0 Å². The van der Waals surface area contributed by atoms with Gasteiger partial charge in [0.1, 0.15) is 0 Å².